The fourth-order valence-corrected chi connectivity index (χ4v) is 3.29. The smallest absolute Gasteiger partial charge is 0.317 e. The van der Waals surface area contributed by atoms with Gasteiger partial charge < -0.3 is 4.74 Å². The van der Waals surface area contributed by atoms with Gasteiger partial charge in [0, 0.05) is 10.5 Å². The van der Waals surface area contributed by atoms with Crippen LogP contribution in [0.1, 0.15) is 17.3 Å². The normalized spacial score (nSPS) is 11.5. The molecule has 0 saturated heterocycles. The summed E-state index contributed by atoms with van der Waals surface area (Å²) in [5.41, 5.74) is 4.96. The average Bonchev–Trinajstić information content (AvgIpc) is 2.76. The molecule has 0 aliphatic rings. The largest absolute Gasteiger partial charge is 0.452 e. The molecule has 0 aliphatic heterocycles. The first-order valence-corrected chi connectivity index (χ1v) is 9.98. The van der Waals surface area contributed by atoms with Crippen LogP contribution in [0.15, 0.2) is 77.7 Å². The van der Waals surface area contributed by atoms with Crippen LogP contribution in [-0.2, 0) is 14.3 Å². The number of hydrogen-bond donors (Lipinski definition) is 2. The highest BCUT2D eigenvalue weighted by molar-refractivity contribution is 8.00. The Morgan fingerprint density at radius 2 is 1.59 bits per heavy atom. The van der Waals surface area contributed by atoms with Crippen molar-refractivity contribution in [3.05, 3.63) is 78.4 Å². The number of esters is 1. The summed E-state index contributed by atoms with van der Waals surface area (Å²) in [7, 11) is 0. The predicted molar refractivity (Wildman–Crippen MR) is 112 cm³/mol. The lowest BCUT2D eigenvalue weighted by atomic mass is 10.1. The minimum Gasteiger partial charge on any atom is -0.452 e. The topological polar surface area (TPSA) is 84.5 Å². The Balaban J connectivity index is 1.44. The number of ether oxygens (including phenoxy) is 1. The molecule has 1 atom stereocenters. The van der Waals surface area contributed by atoms with Gasteiger partial charge in [-0.2, -0.15) is 0 Å². The Kier molecular flexibility index (Phi) is 6.86. The SMILES string of the molecule is C[C@H](OC(=O)CSc1ccc2ccccc2c1)C(=O)NNC(=O)c1ccccc1. The zero-order valence-corrected chi connectivity index (χ0v) is 16.6. The highest BCUT2D eigenvalue weighted by atomic mass is 32.2. The zero-order valence-electron chi connectivity index (χ0n) is 15.8. The molecule has 29 heavy (non-hydrogen) atoms. The van der Waals surface area contributed by atoms with Gasteiger partial charge in [0.2, 0.25) is 0 Å². The fraction of sp³-hybridized carbons (Fsp3) is 0.136. The number of hydrogen-bond acceptors (Lipinski definition) is 5. The Hall–Kier alpha value is -3.32. The average molecular weight is 408 g/mol. The van der Waals surface area contributed by atoms with E-state index in [0.717, 1.165) is 15.7 Å². The van der Waals surface area contributed by atoms with Crippen LogP contribution >= 0.6 is 11.8 Å². The highest BCUT2D eigenvalue weighted by Gasteiger charge is 2.18. The molecule has 0 aliphatic carbocycles. The van der Waals surface area contributed by atoms with Gasteiger partial charge in [0.05, 0.1) is 5.75 Å². The van der Waals surface area contributed by atoms with Gasteiger partial charge in [-0.25, -0.2) is 0 Å². The van der Waals surface area contributed by atoms with Crippen molar-refractivity contribution in [1.29, 1.82) is 0 Å². The summed E-state index contributed by atoms with van der Waals surface area (Å²) in [6, 6.07) is 22.4. The van der Waals surface area contributed by atoms with Crippen molar-refractivity contribution in [3.63, 3.8) is 0 Å². The quantitative estimate of drug-likeness (QED) is 0.371. The summed E-state index contributed by atoms with van der Waals surface area (Å²) in [4.78, 5) is 36.9. The maximum absolute atomic E-state index is 12.0. The van der Waals surface area contributed by atoms with E-state index >= 15 is 0 Å². The lowest BCUT2D eigenvalue weighted by Crippen LogP contribution is -2.46. The molecule has 0 heterocycles. The standard InChI is InChI=1S/C22H20N2O4S/c1-15(21(26)23-24-22(27)17-8-3-2-4-9-17)28-20(25)14-29-19-12-11-16-7-5-6-10-18(16)13-19/h2-13,15H,14H2,1H3,(H,23,26)(H,24,27)/t15-/m0/s1. The molecule has 2 amide bonds. The molecule has 0 radical (unpaired) electrons. The van der Waals surface area contributed by atoms with Gasteiger partial charge in [-0.3, -0.25) is 25.2 Å². The van der Waals surface area contributed by atoms with E-state index in [9.17, 15) is 14.4 Å². The van der Waals surface area contributed by atoms with Gasteiger partial charge >= 0.3 is 5.97 Å². The minimum atomic E-state index is -1.03. The molecule has 0 unspecified atom stereocenters. The van der Waals surface area contributed by atoms with Crippen LogP contribution in [0.25, 0.3) is 10.8 Å². The summed E-state index contributed by atoms with van der Waals surface area (Å²) in [6.07, 6.45) is -1.03. The van der Waals surface area contributed by atoms with Crippen molar-refractivity contribution in [1.82, 2.24) is 10.9 Å². The van der Waals surface area contributed by atoms with E-state index < -0.39 is 23.9 Å². The van der Waals surface area contributed by atoms with Crippen molar-refractivity contribution in [3.8, 4) is 0 Å². The number of rotatable bonds is 6. The van der Waals surface area contributed by atoms with Gasteiger partial charge in [0.1, 0.15) is 0 Å². The van der Waals surface area contributed by atoms with Crippen LogP contribution in [0.2, 0.25) is 0 Å². The summed E-state index contributed by atoms with van der Waals surface area (Å²) >= 11 is 1.34. The van der Waals surface area contributed by atoms with Gasteiger partial charge in [-0.15, -0.1) is 11.8 Å². The number of carbonyl (C=O) groups excluding carboxylic acids is 3. The summed E-state index contributed by atoms with van der Waals surface area (Å²) in [6.45, 7) is 1.45. The number of hydrazine groups is 1. The third-order valence-electron chi connectivity index (χ3n) is 4.09. The van der Waals surface area contributed by atoms with Gasteiger partial charge in [-0.05, 0) is 42.0 Å². The predicted octanol–water partition coefficient (Wildman–Crippen LogP) is 3.32. The number of amides is 2. The van der Waals surface area contributed by atoms with Gasteiger partial charge in [0.15, 0.2) is 6.10 Å². The first-order chi connectivity index (χ1) is 14.0. The Morgan fingerprint density at radius 1 is 0.897 bits per heavy atom. The van der Waals surface area contributed by atoms with Crippen LogP contribution in [0, 0.1) is 0 Å². The fourth-order valence-electron chi connectivity index (χ4n) is 2.57. The van der Waals surface area contributed by atoms with Crippen molar-refractivity contribution in [2.24, 2.45) is 0 Å². The van der Waals surface area contributed by atoms with Crippen molar-refractivity contribution < 1.29 is 19.1 Å². The highest BCUT2D eigenvalue weighted by Crippen LogP contribution is 2.23. The summed E-state index contributed by atoms with van der Waals surface area (Å²) in [5, 5.41) is 2.22. The Labute approximate surface area is 172 Å². The zero-order chi connectivity index (χ0) is 20.6. The molecule has 2 N–H and O–H groups in total. The third kappa shape index (κ3) is 5.83. The van der Waals surface area contributed by atoms with Gasteiger partial charge in [-0.1, -0.05) is 48.5 Å². The van der Waals surface area contributed by atoms with E-state index in [1.54, 1.807) is 30.3 Å². The molecule has 0 spiro atoms. The number of fused-ring (bicyclic) bond motifs is 1. The van der Waals surface area contributed by atoms with Crippen LogP contribution < -0.4 is 10.9 Å². The molecule has 0 saturated carbocycles. The van der Waals surface area contributed by atoms with E-state index in [4.69, 9.17) is 4.74 Å². The number of thioether (sulfide) groups is 1. The molecular weight excluding hydrogens is 388 g/mol. The van der Waals surface area contributed by atoms with Crippen molar-refractivity contribution >= 4 is 40.3 Å². The molecular formula is C22H20N2O4S. The van der Waals surface area contributed by atoms with Crippen LogP contribution in [0.5, 0.6) is 0 Å². The molecule has 3 aromatic rings. The van der Waals surface area contributed by atoms with E-state index in [0.29, 0.717) is 5.56 Å². The van der Waals surface area contributed by atoms with Crippen LogP contribution in [0.3, 0.4) is 0 Å². The van der Waals surface area contributed by atoms with Crippen LogP contribution in [-0.4, -0.2) is 29.6 Å². The number of carbonyl (C=O) groups is 3. The monoisotopic (exact) mass is 408 g/mol. The van der Waals surface area contributed by atoms with Crippen molar-refractivity contribution in [2.75, 3.05) is 5.75 Å². The third-order valence-corrected chi connectivity index (χ3v) is 5.06. The van der Waals surface area contributed by atoms with E-state index in [2.05, 4.69) is 10.9 Å². The maximum atomic E-state index is 12.0. The second-order valence-electron chi connectivity index (χ2n) is 6.24. The second kappa shape index (κ2) is 9.75. The lowest BCUT2D eigenvalue weighted by Gasteiger charge is -2.14. The molecule has 0 bridgehead atoms. The van der Waals surface area contributed by atoms with E-state index in [1.165, 1.54) is 18.7 Å². The summed E-state index contributed by atoms with van der Waals surface area (Å²) in [5.74, 6) is -1.50. The maximum Gasteiger partial charge on any atom is 0.317 e. The molecule has 148 valence electrons. The minimum absolute atomic E-state index is 0.0757. The van der Waals surface area contributed by atoms with Gasteiger partial charge in [0.25, 0.3) is 11.8 Å². The molecule has 3 rings (SSSR count). The Bertz CT molecular complexity index is 1020. The number of benzene rings is 3. The number of nitrogens with one attached hydrogen (secondary N) is 2. The van der Waals surface area contributed by atoms with Crippen LogP contribution in [0.4, 0.5) is 0 Å². The molecule has 6 nitrogen and oxygen atoms in total. The lowest BCUT2D eigenvalue weighted by molar-refractivity contribution is -0.152. The molecule has 3 aromatic carbocycles. The summed E-state index contributed by atoms with van der Waals surface area (Å²) < 4.78 is 5.14. The van der Waals surface area contributed by atoms with E-state index in [-0.39, 0.29) is 5.75 Å². The first-order valence-electron chi connectivity index (χ1n) is 8.99. The first kappa shape index (κ1) is 20.4. The second-order valence-corrected chi connectivity index (χ2v) is 7.29. The molecule has 7 heteroatoms. The Morgan fingerprint density at radius 3 is 2.34 bits per heavy atom. The molecule has 0 aromatic heterocycles. The molecule has 0 fully saturated rings. The van der Waals surface area contributed by atoms with E-state index in [1.807, 2.05) is 42.5 Å². The van der Waals surface area contributed by atoms with Crippen molar-refractivity contribution in [2.45, 2.75) is 17.9 Å².